The van der Waals surface area contributed by atoms with Gasteiger partial charge in [0.2, 0.25) is 5.76 Å². The van der Waals surface area contributed by atoms with E-state index in [1.54, 1.807) is 6.07 Å². The summed E-state index contributed by atoms with van der Waals surface area (Å²) in [6, 6.07) is 6.37. The van der Waals surface area contributed by atoms with E-state index < -0.39 is 0 Å². The maximum atomic E-state index is 8.62. The minimum Gasteiger partial charge on any atom is -0.449 e. The quantitative estimate of drug-likeness (QED) is 0.729. The fourth-order valence-corrected chi connectivity index (χ4v) is 2.01. The molecule has 1 aromatic heterocycles. The van der Waals surface area contributed by atoms with E-state index in [9.17, 15) is 0 Å². The monoisotopic (exact) mass is 233 g/mol. The van der Waals surface area contributed by atoms with Crippen LogP contribution in [0.5, 0.6) is 0 Å². The molecule has 2 rings (SSSR count). The van der Waals surface area contributed by atoms with Gasteiger partial charge in [-0.05, 0) is 31.5 Å². The van der Waals surface area contributed by atoms with Crippen LogP contribution in [0.4, 0.5) is 0 Å². The van der Waals surface area contributed by atoms with Crippen molar-refractivity contribution in [2.24, 2.45) is 0 Å². The summed E-state index contributed by atoms with van der Waals surface area (Å²) in [5.74, 6) is 1.21. The summed E-state index contributed by atoms with van der Waals surface area (Å²) < 4.78 is 5.29. The molecule has 1 heterocycles. The summed E-state index contributed by atoms with van der Waals surface area (Å²) in [6.07, 6.45) is 2.72. The van der Waals surface area contributed by atoms with Crippen LogP contribution in [0.2, 0.25) is 0 Å². The van der Waals surface area contributed by atoms with Gasteiger partial charge in [-0.2, -0.15) is 5.26 Å². The van der Waals surface area contributed by atoms with Gasteiger partial charge in [0.05, 0.1) is 6.54 Å². The lowest BCUT2D eigenvalue weighted by Crippen LogP contribution is -2.33. The summed E-state index contributed by atoms with van der Waals surface area (Å²) >= 11 is 0. The van der Waals surface area contributed by atoms with E-state index >= 15 is 0 Å². The molecule has 0 bridgehead atoms. The molecule has 1 aliphatic rings. The predicted octanol–water partition coefficient (Wildman–Crippen LogP) is 1.73. The second-order valence-corrected chi connectivity index (χ2v) is 4.41. The Hall–Kier alpha value is -1.31. The maximum absolute atomic E-state index is 8.62. The topological polar surface area (TPSA) is 52.2 Å². The van der Waals surface area contributed by atoms with E-state index in [1.807, 2.05) is 12.1 Å². The Balaban J connectivity index is 1.64. The molecule has 0 saturated heterocycles. The Kier molecular flexibility index (Phi) is 4.18. The maximum Gasteiger partial charge on any atom is 0.203 e. The number of nitrogens with zero attached hydrogens (tertiary/aromatic N) is 2. The van der Waals surface area contributed by atoms with Crippen molar-refractivity contribution in [3.05, 3.63) is 23.7 Å². The van der Waals surface area contributed by atoms with Crippen molar-refractivity contribution in [2.45, 2.75) is 32.4 Å². The molecule has 1 fully saturated rings. The average molecular weight is 233 g/mol. The normalized spacial score (nSPS) is 15.1. The number of rotatable bonds is 7. The number of nitriles is 1. The molecule has 4 heteroatoms. The zero-order chi connectivity index (χ0) is 12.1. The molecule has 0 unspecified atom stereocenters. The van der Waals surface area contributed by atoms with Crippen molar-refractivity contribution < 1.29 is 4.42 Å². The molecule has 1 aromatic rings. The Morgan fingerprint density at radius 1 is 1.53 bits per heavy atom. The van der Waals surface area contributed by atoms with Gasteiger partial charge in [0.15, 0.2) is 0 Å². The fraction of sp³-hybridized carbons (Fsp3) is 0.615. The molecule has 0 amide bonds. The van der Waals surface area contributed by atoms with Gasteiger partial charge in [0, 0.05) is 19.1 Å². The van der Waals surface area contributed by atoms with Crippen LogP contribution in [0.25, 0.3) is 0 Å². The SMILES string of the molecule is CCN(CCNCc1ccc(C#N)o1)C1CC1. The Morgan fingerprint density at radius 2 is 2.35 bits per heavy atom. The van der Waals surface area contributed by atoms with Crippen LogP contribution in [0.3, 0.4) is 0 Å². The Labute approximate surface area is 102 Å². The largest absolute Gasteiger partial charge is 0.449 e. The highest BCUT2D eigenvalue weighted by Crippen LogP contribution is 2.25. The minimum atomic E-state index is 0.384. The van der Waals surface area contributed by atoms with E-state index in [-0.39, 0.29) is 0 Å². The van der Waals surface area contributed by atoms with Gasteiger partial charge in [-0.25, -0.2) is 0 Å². The second kappa shape index (κ2) is 5.85. The van der Waals surface area contributed by atoms with E-state index in [0.717, 1.165) is 31.4 Å². The molecule has 0 atom stereocenters. The van der Waals surface area contributed by atoms with Crippen molar-refractivity contribution in [3.63, 3.8) is 0 Å². The van der Waals surface area contributed by atoms with Gasteiger partial charge in [-0.3, -0.25) is 4.90 Å². The molecular formula is C13H19N3O. The lowest BCUT2D eigenvalue weighted by molar-refractivity contribution is 0.275. The molecule has 0 radical (unpaired) electrons. The van der Waals surface area contributed by atoms with E-state index in [1.165, 1.54) is 12.8 Å². The lowest BCUT2D eigenvalue weighted by atomic mass is 10.4. The molecule has 0 spiro atoms. The van der Waals surface area contributed by atoms with Crippen LogP contribution in [-0.2, 0) is 6.54 Å². The average Bonchev–Trinajstić information content (AvgIpc) is 3.08. The van der Waals surface area contributed by atoms with Crippen LogP contribution in [0.1, 0.15) is 31.3 Å². The van der Waals surface area contributed by atoms with Gasteiger partial charge < -0.3 is 9.73 Å². The summed E-state index contributed by atoms with van der Waals surface area (Å²) in [5.41, 5.74) is 0. The molecule has 1 aliphatic carbocycles. The molecule has 92 valence electrons. The van der Waals surface area contributed by atoms with Crippen molar-refractivity contribution in [3.8, 4) is 6.07 Å². The number of likely N-dealkylation sites (N-methyl/N-ethyl adjacent to an activating group) is 1. The second-order valence-electron chi connectivity index (χ2n) is 4.41. The van der Waals surface area contributed by atoms with E-state index in [4.69, 9.17) is 9.68 Å². The zero-order valence-electron chi connectivity index (χ0n) is 10.3. The predicted molar refractivity (Wildman–Crippen MR) is 65.4 cm³/mol. The van der Waals surface area contributed by atoms with Gasteiger partial charge in [-0.15, -0.1) is 0 Å². The molecule has 0 aliphatic heterocycles. The Morgan fingerprint density at radius 3 is 2.94 bits per heavy atom. The smallest absolute Gasteiger partial charge is 0.203 e. The highest BCUT2D eigenvalue weighted by Gasteiger charge is 2.26. The first-order chi connectivity index (χ1) is 8.33. The molecule has 1 N–H and O–H groups in total. The van der Waals surface area contributed by atoms with Crippen LogP contribution in [0.15, 0.2) is 16.5 Å². The van der Waals surface area contributed by atoms with Gasteiger partial charge in [-0.1, -0.05) is 6.92 Å². The third-order valence-electron chi connectivity index (χ3n) is 3.12. The van der Waals surface area contributed by atoms with E-state index in [2.05, 4.69) is 17.1 Å². The first-order valence-electron chi connectivity index (χ1n) is 6.27. The first kappa shape index (κ1) is 12.2. The zero-order valence-corrected chi connectivity index (χ0v) is 10.3. The van der Waals surface area contributed by atoms with Crippen LogP contribution < -0.4 is 5.32 Å². The molecule has 1 saturated carbocycles. The third-order valence-corrected chi connectivity index (χ3v) is 3.12. The fourth-order valence-electron chi connectivity index (χ4n) is 2.01. The summed E-state index contributed by atoms with van der Waals surface area (Å²) in [5, 5.41) is 12.0. The van der Waals surface area contributed by atoms with Crippen molar-refractivity contribution in [1.29, 1.82) is 5.26 Å². The lowest BCUT2D eigenvalue weighted by Gasteiger charge is -2.19. The van der Waals surface area contributed by atoms with Crippen molar-refractivity contribution in [1.82, 2.24) is 10.2 Å². The first-order valence-corrected chi connectivity index (χ1v) is 6.27. The van der Waals surface area contributed by atoms with Gasteiger partial charge in [0.25, 0.3) is 0 Å². The van der Waals surface area contributed by atoms with E-state index in [0.29, 0.717) is 12.3 Å². The summed E-state index contributed by atoms with van der Waals surface area (Å²) in [4.78, 5) is 2.51. The van der Waals surface area contributed by atoms with Crippen molar-refractivity contribution >= 4 is 0 Å². The molecule has 4 nitrogen and oxygen atoms in total. The highest BCUT2D eigenvalue weighted by atomic mass is 16.3. The number of furan rings is 1. The van der Waals surface area contributed by atoms with Crippen molar-refractivity contribution in [2.75, 3.05) is 19.6 Å². The van der Waals surface area contributed by atoms with Crippen LogP contribution in [-0.4, -0.2) is 30.6 Å². The third kappa shape index (κ3) is 3.58. The van der Waals surface area contributed by atoms with Gasteiger partial charge >= 0.3 is 0 Å². The summed E-state index contributed by atoms with van der Waals surface area (Å²) in [6.45, 7) is 6.10. The number of nitrogens with one attached hydrogen (secondary N) is 1. The minimum absolute atomic E-state index is 0.384. The number of hydrogen-bond donors (Lipinski definition) is 1. The summed E-state index contributed by atoms with van der Waals surface area (Å²) in [7, 11) is 0. The van der Waals surface area contributed by atoms with Crippen LogP contribution in [0, 0.1) is 11.3 Å². The number of hydrogen-bond acceptors (Lipinski definition) is 4. The highest BCUT2D eigenvalue weighted by molar-refractivity contribution is 5.18. The standard InChI is InChI=1S/C13H19N3O/c1-2-16(11-3-4-11)8-7-15-10-13-6-5-12(9-14)17-13/h5-6,11,15H,2-4,7-8,10H2,1H3. The molecule has 0 aromatic carbocycles. The van der Waals surface area contributed by atoms with Crippen LogP contribution >= 0.6 is 0 Å². The molecule has 17 heavy (non-hydrogen) atoms. The Bertz CT molecular complexity index is 390. The molecular weight excluding hydrogens is 214 g/mol. The van der Waals surface area contributed by atoms with Gasteiger partial charge in [0.1, 0.15) is 11.8 Å².